The average Bonchev–Trinajstić information content (AvgIpc) is 3.11. The molecule has 0 spiro atoms. The molecular weight excluding hydrogens is 302 g/mol. The van der Waals surface area contributed by atoms with Crippen LogP contribution in [0.25, 0.3) is 32.9 Å². The molecule has 0 aliphatic rings. The van der Waals surface area contributed by atoms with Crippen molar-refractivity contribution in [1.82, 2.24) is 9.97 Å². The van der Waals surface area contributed by atoms with Gasteiger partial charge in [-0.25, -0.2) is 4.79 Å². The molecule has 0 amide bonds. The molecule has 120 valence electrons. The van der Waals surface area contributed by atoms with E-state index in [9.17, 15) is 4.79 Å². The second-order valence-corrected chi connectivity index (χ2v) is 5.60. The van der Waals surface area contributed by atoms with E-state index >= 15 is 0 Å². The van der Waals surface area contributed by atoms with Gasteiger partial charge in [0.1, 0.15) is 11.5 Å². The molecule has 2 heterocycles. The highest BCUT2D eigenvalue weighted by atomic mass is 16.5. The third-order valence-electron chi connectivity index (χ3n) is 4.17. The summed E-state index contributed by atoms with van der Waals surface area (Å²) >= 11 is 0. The van der Waals surface area contributed by atoms with E-state index in [0.717, 1.165) is 32.9 Å². The monoisotopic (exact) mass is 319 g/mol. The molecule has 4 N–H and O–H groups in total. The molecule has 2 aromatic carbocycles. The van der Waals surface area contributed by atoms with Crippen LogP contribution in [0.4, 0.5) is 5.82 Å². The van der Waals surface area contributed by atoms with Gasteiger partial charge >= 0.3 is 5.97 Å². The number of rotatable bonds is 3. The second-order valence-electron chi connectivity index (χ2n) is 5.60. The Hall–Kier alpha value is -3.21. The second kappa shape index (κ2) is 5.45. The van der Waals surface area contributed by atoms with Crippen LogP contribution in [0.2, 0.25) is 0 Å². The molecular formula is C19H17N3O2. The fraction of sp³-hybridized carbons (Fsp3) is 0.105. The zero-order chi connectivity index (χ0) is 16.7. The normalized spacial score (nSPS) is 11.2. The van der Waals surface area contributed by atoms with Gasteiger partial charge in [-0.1, -0.05) is 36.4 Å². The Morgan fingerprint density at radius 3 is 2.21 bits per heavy atom. The maximum atomic E-state index is 12.5. The molecule has 0 aliphatic carbocycles. The smallest absolute Gasteiger partial charge is 0.355 e. The number of esters is 1. The number of ether oxygens (including phenoxy) is 1. The molecule has 5 heteroatoms. The van der Waals surface area contributed by atoms with Gasteiger partial charge in [-0.2, -0.15) is 0 Å². The Morgan fingerprint density at radius 1 is 0.958 bits per heavy atom. The maximum Gasteiger partial charge on any atom is 0.355 e. The fourth-order valence-corrected chi connectivity index (χ4v) is 3.19. The lowest BCUT2D eigenvalue weighted by Gasteiger charge is -2.05. The number of anilines is 1. The topological polar surface area (TPSA) is 83.9 Å². The van der Waals surface area contributed by atoms with Gasteiger partial charge < -0.3 is 20.4 Å². The summed E-state index contributed by atoms with van der Waals surface area (Å²) in [6, 6.07) is 15.7. The van der Waals surface area contributed by atoms with Crippen LogP contribution in [0.1, 0.15) is 17.4 Å². The molecule has 0 saturated carbocycles. The van der Waals surface area contributed by atoms with Crippen LogP contribution in [-0.2, 0) is 4.74 Å². The van der Waals surface area contributed by atoms with Crippen molar-refractivity contribution >= 4 is 33.6 Å². The first-order valence-electron chi connectivity index (χ1n) is 7.85. The molecule has 0 bridgehead atoms. The van der Waals surface area contributed by atoms with Gasteiger partial charge in [-0.3, -0.25) is 0 Å². The first kappa shape index (κ1) is 14.4. The lowest BCUT2D eigenvalue weighted by molar-refractivity contribution is 0.0521. The maximum absolute atomic E-state index is 12.5. The van der Waals surface area contributed by atoms with Gasteiger partial charge in [-0.05, 0) is 19.1 Å². The Labute approximate surface area is 138 Å². The summed E-state index contributed by atoms with van der Waals surface area (Å²) in [5.74, 6) is 0.153. The predicted octanol–water partition coefficient (Wildman–Crippen LogP) is 4.08. The van der Waals surface area contributed by atoms with Crippen molar-refractivity contribution in [3.8, 4) is 11.1 Å². The molecule has 0 aliphatic heterocycles. The fourth-order valence-electron chi connectivity index (χ4n) is 3.19. The van der Waals surface area contributed by atoms with Crippen LogP contribution < -0.4 is 5.73 Å². The number of benzene rings is 2. The van der Waals surface area contributed by atoms with Crippen molar-refractivity contribution in [2.75, 3.05) is 12.3 Å². The Bertz CT molecular complexity index is 1060. The number of carbonyl (C=O) groups excluding carboxylic acids is 1. The molecule has 0 atom stereocenters. The van der Waals surface area contributed by atoms with Crippen LogP contribution in [0.3, 0.4) is 0 Å². The van der Waals surface area contributed by atoms with E-state index < -0.39 is 0 Å². The van der Waals surface area contributed by atoms with Gasteiger partial charge in [0, 0.05) is 32.9 Å². The van der Waals surface area contributed by atoms with Crippen LogP contribution in [0.15, 0.2) is 48.5 Å². The zero-order valence-electron chi connectivity index (χ0n) is 13.2. The summed E-state index contributed by atoms with van der Waals surface area (Å²) < 4.78 is 5.23. The van der Waals surface area contributed by atoms with Crippen LogP contribution >= 0.6 is 0 Å². The van der Waals surface area contributed by atoms with E-state index in [0.29, 0.717) is 18.1 Å². The number of aromatic nitrogens is 2. The minimum atomic E-state index is -0.381. The number of nitrogens with one attached hydrogen (secondary N) is 2. The number of nitrogen functional groups attached to an aromatic ring is 1. The van der Waals surface area contributed by atoms with E-state index in [1.165, 1.54) is 0 Å². The van der Waals surface area contributed by atoms with Gasteiger partial charge in [0.25, 0.3) is 0 Å². The highest BCUT2D eigenvalue weighted by Gasteiger charge is 2.24. The van der Waals surface area contributed by atoms with E-state index in [1.807, 2.05) is 48.5 Å². The van der Waals surface area contributed by atoms with Crippen molar-refractivity contribution in [1.29, 1.82) is 0 Å². The van der Waals surface area contributed by atoms with Gasteiger partial charge in [-0.15, -0.1) is 0 Å². The average molecular weight is 319 g/mol. The Kier molecular flexibility index (Phi) is 3.27. The molecule has 5 nitrogen and oxygen atoms in total. The molecule has 2 aromatic heterocycles. The van der Waals surface area contributed by atoms with Crippen molar-refractivity contribution in [2.24, 2.45) is 0 Å². The number of hydrogen-bond acceptors (Lipinski definition) is 3. The van der Waals surface area contributed by atoms with Gasteiger partial charge in [0.2, 0.25) is 0 Å². The first-order chi connectivity index (χ1) is 11.7. The van der Waals surface area contributed by atoms with E-state index in [2.05, 4.69) is 9.97 Å². The molecule has 0 radical (unpaired) electrons. The van der Waals surface area contributed by atoms with Crippen molar-refractivity contribution in [3.05, 3.63) is 54.2 Å². The van der Waals surface area contributed by atoms with E-state index in [4.69, 9.17) is 10.5 Å². The highest BCUT2D eigenvalue weighted by Crippen LogP contribution is 2.40. The third-order valence-corrected chi connectivity index (χ3v) is 4.17. The molecule has 0 saturated heterocycles. The summed E-state index contributed by atoms with van der Waals surface area (Å²) in [5.41, 5.74) is 10.1. The number of fused-ring (bicyclic) bond motifs is 2. The van der Waals surface area contributed by atoms with Crippen molar-refractivity contribution in [3.63, 3.8) is 0 Å². The summed E-state index contributed by atoms with van der Waals surface area (Å²) in [4.78, 5) is 18.8. The molecule has 4 rings (SSSR count). The molecule has 24 heavy (non-hydrogen) atoms. The van der Waals surface area contributed by atoms with Crippen molar-refractivity contribution < 1.29 is 9.53 Å². The predicted molar refractivity (Wildman–Crippen MR) is 96.0 cm³/mol. The number of para-hydroxylation sites is 2. The standard InChI is InChI=1S/C19H17N3O2/c1-2-24-19(23)17-15(11-7-3-5-9-13(11)21-17)16-12-8-4-6-10-14(12)22-18(16)20/h3-10,21-22H,2,20H2,1H3. The zero-order valence-corrected chi connectivity index (χ0v) is 13.2. The van der Waals surface area contributed by atoms with Crippen LogP contribution in [0, 0.1) is 0 Å². The first-order valence-corrected chi connectivity index (χ1v) is 7.85. The number of hydrogen-bond donors (Lipinski definition) is 3. The largest absolute Gasteiger partial charge is 0.461 e. The van der Waals surface area contributed by atoms with Crippen molar-refractivity contribution in [2.45, 2.75) is 6.92 Å². The van der Waals surface area contributed by atoms with Gasteiger partial charge in [0.05, 0.1) is 6.61 Å². The van der Waals surface area contributed by atoms with E-state index in [-0.39, 0.29) is 5.97 Å². The highest BCUT2D eigenvalue weighted by molar-refractivity contribution is 6.15. The lowest BCUT2D eigenvalue weighted by atomic mass is 10.00. The summed E-state index contributed by atoms with van der Waals surface area (Å²) in [6.45, 7) is 2.11. The van der Waals surface area contributed by atoms with Crippen LogP contribution in [0.5, 0.6) is 0 Å². The Morgan fingerprint density at radius 2 is 1.54 bits per heavy atom. The van der Waals surface area contributed by atoms with Crippen LogP contribution in [-0.4, -0.2) is 22.5 Å². The number of nitrogens with two attached hydrogens (primary N) is 1. The summed E-state index contributed by atoms with van der Waals surface area (Å²) in [5, 5.41) is 1.92. The molecule has 0 fully saturated rings. The Balaban J connectivity index is 2.09. The molecule has 0 unspecified atom stereocenters. The minimum absolute atomic E-state index is 0.316. The summed E-state index contributed by atoms with van der Waals surface area (Å²) in [6.07, 6.45) is 0. The third kappa shape index (κ3) is 2.06. The molecule has 4 aromatic rings. The number of aromatic amines is 2. The van der Waals surface area contributed by atoms with Gasteiger partial charge in [0.15, 0.2) is 0 Å². The SMILES string of the molecule is CCOC(=O)c1[nH]c2ccccc2c1-c1c(N)[nH]c2ccccc12. The quantitative estimate of drug-likeness (QED) is 0.498. The lowest BCUT2D eigenvalue weighted by Crippen LogP contribution is -2.06. The number of H-pyrrole nitrogens is 2. The van der Waals surface area contributed by atoms with E-state index in [1.54, 1.807) is 6.92 Å². The summed E-state index contributed by atoms with van der Waals surface area (Å²) in [7, 11) is 0. The number of carbonyl (C=O) groups is 1. The minimum Gasteiger partial charge on any atom is -0.461 e.